The molecule has 3 rings (SSSR count). The molecular weight excluding hydrogens is 432 g/mol. The molecule has 186 valence electrons. The summed E-state index contributed by atoms with van der Waals surface area (Å²) in [7, 11) is 0. The van der Waals surface area contributed by atoms with Crippen LogP contribution in [0.4, 0.5) is 0 Å². The number of benzene rings is 2. The highest BCUT2D eigenvalue weighted by Crippen LogP contribution is 2.29. The first kappa shape index (κ1) is 26.6. The smallest absolute Gasteiger partial charge is 0.336 e. The minimum absolute atomic E-state index is 0.291. The largest absolute Gasteiger partial charge is 0.478 e. The van der Waals surface area contributed by atoms with Gasteiger partial charge in [-0.15, -0.1) is 0 Å². The molecule has 1 N–H and O–H groups in total. The number of aromatic carboxylic acids is 1. The summed E-state index contributed by atoms with van der Waals surface area (Å²) >= 11 is 0. The molecule has 4 heteroatoms. The van der Waals surface area contributed by atoms with Gasteiger partial charge in [0.05, 0.1) is 5.56 Å². The van der Waals surface area contributed by atoms with E-state index < -0.39 is 5.97 Å². The standard InChI is InChI=1S/C31H40N2O2/c1-4-6-7-8-9-10-11-12-25-21-32-30(33-22-25)27-17-18-28(31(34)35)29(20-27)26-15-13-24(14-16-26)19-23(3)5-2/h13-18,20-23H,4-12,19H2,1-3H3,(H,34,35)/t23-/m0/s1. The van der Waals surface area contributed by atoms with Crippen LogP contribution in [-0.2, 0) is 12.8 Å². The number of nitrogens with zero attached hydrogens (tertiary/aromatic N) is 2. The normalized spacial score (nSPS) is 12.0. The Balaban J connectivity index is 1.70. The van der Waals surface area contributed by atoms with Crippen molar-refractivity contribution < 1.29 is 9.90 Å². The van der Waals surface area contributed by atoms with Crippen molar-refractivity contribution in [2.45, 2.75) is 85.0 Å². The molecule has 0 aliphatic heterocycles. The zero-order valence-electron chi connectivity index (χ0n) is 21.6. The summed E-state index contributed by atoms with van der Waals surface area (Å²) in [5, 5.41) is 9.76. The summed E-state index contributed by atoms with van der Waals surface area (Å²) in [5.74, 6) is 0.325. The van der Waals surface area contributed by atoms with Crippen LogP contribution in [-0.4, -0.2) is 21.0 Å². The zero-order chi connectivity index (χ0) is 25.0. The Morgan fingerprint density at radius 3 is 2.09 bits per heavy atom. The number of hydrogen-bond donors (Lipinski definition) is 1. The molecule has 0 saturated heterocycles. The number of carbonyl (C=O) groups is 1. The molecule has 3 aromatic rings. The molecule has 0 amide bonds. The van der Waals surface area contributed by atoms with Crippen LogP contribution in [0.3, 0.4) is 0 Å². The van der Waals surface area contributed by atoms with Crippen molar-refractivity contribution >= 4 is 5.97 Å². The fourth-order valence-corrected chi connectivity index (χ4v) is 4.39. The lowest BCUT2D eigenvalue weighted by molar-refractivity contribution is 0.0697. The van der Waals surface area contributed by atoms with Crippen molar-refractivity contribution in [2.75, 3.05) is 0 Å². The van der Waals surface area contributed by atoms with Crippen molar-refractivity contribution in [3.8, 4) is 22.5 Å². The maximum atomic E-state index is 11.9. The second-order valence-corrected chi connectivity index (χ2v) is 9.77. The van der Waals surface area contributed by atoms with Gasteiger partial charge in [0, 0.05) is 18.0 Å². The van der Waals surface area contributed by atoms with E-state index in [2.05, 4.69) is 42.9 Å². The fourth-order valence-electron chi connectivity index (χ4n) is 4.39. The SMILES string of the molecule is CCCCCCCCCc1cnc(-c2ccc(C(=O)O)c(-c3ccc(C[C@@H](C)CC)cc3)c2)nc1. The monoisotopic (exact) mass is 472 g/mol. The van der Waals surface area contributed by atoms with Crippen LogP contribution in [0.5, 0.6) is 0 Å². The summed E-state index contributed by atoms with van der Waals surface area (Å²) < 4.78 is 0. The summed E-state index contributed by atoms with van der Waals surface area (Å²) in [6.45, 7) is 6.70. The summed E-state index contributed by atoms with van der Waals surface area (Å²) in [4.78, 5) is 21.1. The predicted octanol–water partition coefficient (Wildman–Crippen LogP) is 8.39. The Bertz CT molecular complexity index is 1060. The van der Waals surface area contributed by atoms with E-state index in [4.69, 9.17) is 0 Å². The molecule has 1 atom stereocenters. The van der Waals surface area contributed by atoms with Gasteiger partial charge in [0.1, 0.15) is 0 Å². The molecule has 0 saturated carbocycles. The Labute approximate surface area is 210 Å². The third-order valence-electron chi connectivity index (χ3n) is 6.83. The molecule has 35 heavy (non-hydrogen) atoms. The molecular formula is C31H40N2O2. The first-order valence-electron chi connectivity index (χ1n) is 13.3. The molecule has 0 aliphatic carbocycles. The topological polar surface area (TPSA) is 63.1 Å². The van der Waals surface area contributed by atoms with Crippen LogP contribution in [0.25, 0.3) is 22.5 Å². The predicted molar refractivity (Wildman–Crippen MR) is 145 cm³/mol. The van der Waals surface area contributed by atoms with Gasteiger partial charge in [-0.2, -0.15) is 0 Å². The van der Waals surface area contributed by atoms with E-state index in [1.54, 1.807) is 12.1 Å². The van der Waals surface area contributed by atoms with Crippen LogP contribution in [0.15, 0.2) is 54.9 Å². The van der Waals surface area contributed by atoms with Crippen LogP contribution in [0, 0.1) is 5.92 Å². The van der Waals surface area contributed by atoms with Crippen LogP contribution >= 0.6 is 0 Å². The van der Waals surface area contributed by atoms with Crippen molar-refractivity contribution in [2.24, 2.45) is 5.92 Å². The van der Waals surface area contributed by atoms with Crippen molar-refractivity contribution in [3.63, 3.8) is 0 Å². The maximum absolute atomic E-state index is 11.9. The minimum atomic E-state index is -0.929. The number of carboxylic acid groups (broad SMARTS) is 1. The van der Waals surface area contributed by atoms with E-state index in [0.717, 1.165) is 36.0 Å². The highest BCUT2D eigenvalue weighted by molar-refractivity contribution is 5.97. The second kappa shape index (κ2) is 13.8. The number of unbranched alkanes of at least 4 members (excludes halogenated alkanes) is 6. The van der Waals surface area contributed by atoms with Gasteiger partial charge in [-0.25, -0.2) is 14.8 Å². The van der Waals surface area contributed by atoms with Crippen molar-refractivity contribution in [3.05, 3.63) is 71.5 Å². The van der Waals surface area contributed by atoms with E-state index in [1.165, 1.54) is 50.5 Å². The average Bonchev–Trinajstić information content (AvgIpc) is 2.88. The first-order chi connectivity index (χ1) is 17.0. The Morgan fingerprint density at radius 2 is 1.46 bits per heavy atom. The highest BCUT2D eigenvalue weighted by Gasteiger charge is 2.14. The van der Waals surface area contributed by atoms with E-state index >= 15 is 0 Å². The molecule has 0 fully saturated rings. The lowest BCUT2D eigenvalue weighted by atomic mass is 9.94. The Kier molecular flexibility index (Phi) is 10.5. The third kappa shape index (κ3) is 8.02. The molecule has 1 heterocycles. The summed E-state index contributed by atoms with van der Waals surface area (Å²) in [6.07, 6.45) is 16.0. The van der Waals surface area contributed by atoms with Gasteiger partial charge in [0.15, 0.2) is 5.82 Å². The molecule has 0 unspecified atom stereocenters. The number of aryl methyl sites for hydroxylation is 1. The first-order valence-corrected chi connectivity index (χ1v) is 13.3. The lowest BCUT2D eigenvalue weighted by Gasteiger charge is -2.12. The summed E-state index contributed by atoms with van der Waals surface area (Å²) in [5.41, 5.74) is 5.14. The highest BCUT2D eigenvalue weighted by atomic mass is 16.4. The Hall–Kier alpha value is -3.01. The second-order valence-electron chi connectivity index (χ2n) is 9.77. The van der Waals surface area contributed by atoms with E-state index in [-0.39, 0.29) is 0 Å². The number of hydrogen-bond acceptors (Lipinski definition) is 3. The van der Waals surface area contributed by atoms with Gasteiger partial charge in [0.25, 0.3) is 0 Å². The summed E-state index contributed by atoms with van der Waals surface area (Å²) in [6, 6.07) is 13.6. The van der Waals surface area contributed by atoms with Gasteiger partial charge in [0.2, 0.25) is 0 Å². The van der Waals surface area contributed by atoms with Crippen LogP contribution in [0.2, 0.25) is 0 Å². The number of aromatic nitrogens is 2. The van der Waals surface area contributed by atoms with E-state index in [9.17, 15) is 9.90 Å². The zero-order valence-corrected chi connectivity index (χ0v) is 21.6. The minimum Gasteiger partial charge on any atom is -0.478 e. The van der Waals surface area contributed by atoms with Gasteiger partial charge < -0.3 is 5.11 Å². The molecule has 2 aromatic carbocycles. The third-order valence-corrected chi connectivity index (χ3v) is 6.83. The van der Waals surface area contributed by atoms with Crippen molar-refractivity contribution in [1.29, 1.82) is 0 Å². The lowest BCUT2D eigenvalue weighted by Crippen LogP contribution is -2.01. The Morgan fingerprint density at radius 1 is 0.829 bits per heavy atom. The molecule has 0 radical (unpaired) electrons. The maximum Gasteiger partial charge on any atom is 0.336 e. The number of rotatable bonds is 14. The van der Waals surface area contributed by atoms with Gasteiger partial charge in [-0.3, -0.25) is 0 Å². The quantitative estimate of drug-likeness (QED) is 0.239. The van der Waals surface area contributed by atoms with Gasteiger partial charge in [-0.1, -0.05) is 96.0 Å². The van der Waals surface area contributed by atoms with Gasteiger partial charge in [-0.05, 0) is 59.6 Å². The van der Waals surface area contributed by atoms with Crippen LogP contribution in [0.1, 0.15) is 93.6 Å². The number of carboxylic acids is 1. The molecule has 4 nitrogen and oxygen atoms in total. The van der Waals surface area contributed by atoms with Crippen molar-refractivity contribution in [1.82, 2.24) is 9.97 Å². The van der Waals surface area contributed by atoms with E-state index in [1.807, 2.05) is 30.6 Å². The molecule has 0 bridgehead atoms. The molecule has 0 spiro atoms. The van der Waals surface area contributed by atoms with E-state index in [0.29, 0.717) is 22.9 Å². The molecule has 0 aliphatic rings. The molecule has 1 aromatic heterocycles. The average molecular weight is 473 g/mol. The van der Waals surface area contributed by atoms with Gasteiger partial charge >= 0.3 is 5.97 Å². The fraction of sp³-hybridized carbons (Fsp3) is 0.452. The van der Waals surface area contributed by atoms with Crippen LogP contribution < -0.4 is 0 Å².